The van der Waals surface area contributed by atoms with Gasteiger partial charge in [0.1, 0.15) is 36.4 Å². The summed E-state index contributed by atoms with van der Waals surface area (Å²) < 4.78 is 18.9. The molecule has 0 saturated carbocycles. The molecule has 1 aliphatic rings. The molecule has 0 unspecified atom stereocenters. The fourth-order valence-electron chi connectivity index (χ4n) is 4.06. The van der Waals surface area contributed by atoms with Crippen LogP contribution in [0.5, 0.6) is 11.5 Å². The third-order valence-corrected chi connectivity index (χ3v) is 5.84. The monoisotopic (exact) mass is 413 g/mol. The van der Waals surface area contributed by atoms with Crippen LogP contribution >= 0.6 is 0 Å². The van der Waals surface area contributed by atoms with Gasteiger partial charge in [-0.2, -0.15) is 0 Å². The largest absolute Gasteiger partial charge is 0.491 e. The molecular formula is C27H27NO3. The SMILES string of the molecule is Cc1ccc(OC[C@H]2O[C@@H](c3cc4ccccc4[nH]3)C[C@@H]2Oc2ccc(C)cc2)cc1. The van der Waals surface area contributed by atoms with E-state index in [2.05, 4.69) is 67.4 Å². The second kappa shape index (κ2) is 8.48. The molecule has 1 saturated heterocycles. The summed E-state index contributed by atoms with van der Waals surface area (Å²) in [5, 5.41) is 1.19. The number of H-pyrrole nitrogens is 1. The van der Waals surface area contributed by atoms with Crippen molar-refractivity contribution in [2.24, 2.45) is 0 Å². The first-order valence-electron chi connectivity index (χ1n) is 10.8. The number of hydrogen-bond donors (Lipinski definition) is 1. The van der Waals surface area contributed by atoms with E-state index in [0.717, 1.165) is 29.1 Å². The van der Waals surface area contributed by atoms with E-state index in [1.807, 2.05) is 30.3 Å². The lowest BCUT2D eigenvalue weighted by atomic mass is 10.1. The van der Waals surface area contributed by atoms with E-state index in [-0.39, 0.29) is 18.3 Å². The Morgan fingerprint density at radius 1 is 0.871 bits per heavy atom. The summed E-state index contributed by atoms with van der Waals surface area (Å²) in [4.78, 5) is 3.51. The van der Waals surface area contributed by atoms with Crippen LogP contribution in [0.4, 0.5) is 0 Å². The second-order valence-corrected chi connectivity index (χ2v) is 8.30. The predicted molar refractivity (Wildman–Crippen MR) is 123 cm³/mol. The Balaban J connectivity index is 1.35. The molecular weight excluding hydrogens is 386 g/mol. The second-order valence-electron chi connectivity index (χ2n) is 8.30. The average Bonchev–Trinajstić information content (AvgIpc) is 3.39. The molecule has 0 radical (unpaired) electrons. The number of benzene rings is 3. The van der Waals surface area contributed by atoms with Crippen molar-refractivity contribution in [1.29, 1.82) is 0 Å². The highest BCUT2D eigenvalue weighted by molar-refractivity contribution is 5.80. The van der Waals surface area contributed by atoms with Crippen molar-refractivity contribution in [1.82, 2.24) is 4.98 Å². The van der Waals surface area contributed by atoms with E-state index in [0.29, 0.717) is 6.61 Å². The van der Waals surface area contributed by atoms with Crippen LogP contribution in [0, 0.1) is 13.8 Å². The Bertz CT molecular complexity index is 1110. The van der Waals surface area contributed by atoms with Crippen LogP contribution in [-0.2, 0) is 4.74 Å². The van der Waals surface area contributed by atoms with Gasteiger partial charge in [0.15, 0.2) is 0 Å². The predicted octanol–water partition coefficient (Wildman–Crippen LogP) is 6.14. The van der Waals surface area contributed by atoms with Crippen LogP contribution in [0.25, 0.3) is 10.9 Å². The van der Waals surface area contributed by atoms with Crippen molar-refractivity contribution in [3.05, 3.63) is 95.7 Å². The van der Waals surface area contributed by atoms with Crippen LogP contribution in [0.3, 0.4) is 0 Å². The molecule has 0 spiro atoms. The Morgan fingerprint density at radius 2 is 1.55 bits per heavy atom. The quantitative estimate of drug-likeness (QED) is 0.413. The van der Waals surface area contributed by atoms with Gasteiger partial charge in [0.25, 0.3) is 0 Å². The normalized spacial score (nSPS) is 20.8. The summed E-state index contributed by atoms with van der Waals surface area (Å²) in [5.41, 5.74) is 4.63. The molecule has 5 rings (SSSR count). The Labute approximate surface area is 182 Å². The van der Waals surface area contributed by atoms with Gasteiger partial charge in [-0.1, -0.05) is 53.6 Å². The summed E-state index contributed by atoms with van der Waals surface area (Å²) in [5.74, 6) is 1.70. The standard InChI is InChI=1S/C27H27NO3/c1-18-7-11-21(12-8-18)29-17-27-26(30-22-13-9-19(2)10-14-22)16-25(31-27)24-15-20-5-3-4-6-23(20)28-24/h3-15,25-28H,16-17H2,1-2H3/t25-,26+,27-/m1/s1. The lowest BCUT2D eigenvalue weighted by Crippen LogP contribution is -2.32. The first kappa shape index (κ1) is 19.7. The van der Waals surface area contributed by atoms with Crippen molar-refractivity contribution < 1.29 is 14.2 Å². The number of fused-ring (bicyclic) bond motifs is 1. The lowest BCUT2D eigenvalue weighted by molar-refractivity contribution is -0.0117. The Hall–Kier alpha value is -3.24. The van der Waals surface area contributed by atoms with Crippen LogP contribution < -0.4 is 9.47 Å². The molecule has 1 aromatic heterocycles. The molecule has 1 aliphatic heterocycles. The van der Waals surface area contributed by atoms with E-state index < -0.39 is 0 Å². The number of ether oxygens (including phenoxy) is 3. The Morgan fingerprint density at radius 3 is 2.26 bits per heavy atom. The van der Waals surface area contributed by atoms with Crippen LogP contribution in [0.15, 0.2) is 78.9 Å². The van der Waals surface area contributed by atoms with E-state index in [1.54, 1.807) is 0 Å². The minimum atomic E-state index is -0.168. The zero-order valence-electron chi connectivity index (χ0n) is 17.9. The van der Waals surface area contributed by atoms with Gasteiger partial charge in [-0.3, -0.25) is 0 Å². The van der Waals surface area contributed by atoms with E-state index in [1.165, 1.54) is 16.5 Å². The van der Waals surface area contributed by atoms with Crippen molar-refractivity contribution in [3.8, 4) is 11.5 Å². The molecule has 0 bridgehead atoms. The molecule has 158 valence electrons. The van der Waals surface area contributed by atoms with Gasteiger partial charge in [-0.05, 0) is 55.6 Å². The smallest absolute Gasteiger partial charge is 0.131 e. The summed E-state index contributed by atoms with van der Waals surface area (Å²) in [6, 6.07) is 26.7. The molecule has 4 aromatic rings. The van der Waals surface area contributed by atoms with Crippen LogP contribution in [0.1, 0.15) is 29.3 Å². The lowest BCUT2D eigenvalue weighted by Gasteiger charge is -2.20. The van der Waals surface area contributed by atoms with E-state index >= 15 is 0 Å². The van der Waals surface area contributed by atoms with Crippen molar-refractivity contribution in [3.63, 3.8) is 0 Å². The van der Waals surface area contributed by atoms with Gasteiger partial charge >= 0.3 is 0 Å². The molecule has 2 heterocycles. The van der Waals surface area contributed by atoms with Gasteiger partial charge in [0.05, 0.1) is 0 Å². The Kier molecular flexibility index (Phi) is 5.39. The van der Waals surface area contributed by atoms with Crippen molar-refractivity contribution in [2.75, 3.05) is 6.61 Å². The zero-order chi connectivity index (χ0) is 21.2. The molecule has 0 amide bonds. The molecule has 1 fully saturated rings. The van der Waals surface area contributed by atoms with Crippen LogP contribution in [0.2, 0.25) is 0 Å². The summed E-state index contributed by atoms with van der Waals surface area (Å²) in [7, 11) is 0. The summed E-state index contributed by atoms with van der Waals surface area (Å²) >= 11 is 0. The molecule has 4 nitrogen and oxygen atoms in total. The zero-order valence-corrected chi connectivity index (χ0v) is 17.9. The summed E-state index contributed by atoms with van der Waals surface area (Å²) in [6.45, 7) is 4.59. The first-order valence-corrected chi connectivity index (χ1v) is 10.8. The fraction of sp³-hybridized carbons (Fsp3) is 0.259. The highest BCUT2D eigenvalue weighted by Crippen LogP contribution is 2.36. The van der Waals surface area contributed by atoms with Crippen molar-refractivity contribution >= 4 is 10.9 Å². The number of aromatic nitrogens is 1. The minimum absolute atomic E-state index is 0.0607. The third-order valence-electron chi connectivity index (χ3n) is 5.84. The van der Waals surface area contributed by atoms with Gasteiger partial charge < -0.3 is 19.2 Å². The average molecular weight is 414 g/mol. The van der Waals surface area contributed by atoms with Gasteiger partial charge in [0.2, 0.25) is 0 Å². The number of para-hydroxylation sites is 1. The number of rotatable bonds is 6. The summed E-state index contributed by atoms with van der Waals surface area (Å²) in [6.07, 6.45) is 0.445. The number of aromatic amines is 1. The fourth-order valence-corrected chi connectivity index (χ4v) is 4.06. The van der Waals surface area contributed by atoms with E-state index in [9.17, 15) is 0 Å². The van der Waals surface area contributed by atoms with E-state index in [4.69, 9.17) is 14.2 Å². The number of aryl methyl sites for hydroxylation is 2. The molecule has 0 aliphatic carbocycles. The molecule has 3 atom stereocenters. The highest BCUT2D eigenvalue weighted by Gasteiger charge is 2.39. The number of hydrogen-bond acceptors (Lipinski definition) is 3. The highest BCUT2D eigenvalue weighted by atomic mass is 16.6. The maximum Gasteiger partial charge on any atom is 0.131 e. The topological polar surface area (TPSA) is 43.5 Å². The molecule has 4 heteroatoms. The maximum atomic E-state index is 6.45. The van der Waals surface area contributed by atoms with Gasteiger partial charge in [-0.25, -0.2) is 0 Å². The van der Waals surface area contributed by atoms with Gasteiger partial charge in [-0.15, -0.1) is 0 Å². The first-order chi connectivity index (χ1) is 15.1. The maximum absolute atomic E-state index is 6.45. The molecule has 3 aromatic carbocycles. The van der Waals surface area contributed by atoms with Gasteiger partial charge in [0, 0.05) is 17.6 Å². The molecule has 1 N–H and O–H groups in total. The molecule has 31 heavy (non-hydrogen) atoms. The van der Waals surface area contributed by atoms with Crippen molar-refractivity contribution in [2.45, 2.75) is 38.6 Å². The minimum Gasteiger partial charge on any atom is -0.491 e. The van der Waals surface area contributed by atoms with Crippen LogP contribution in [-0.4, -0.2) is 23.8 Å². The third kappa shape index (κ3) is 4.44. The number of nitrogens with one attached hydrogen (secondary N) is 1.